The van der Waals surface area contributed by atoms with Crippen molar-refractivity contribution in [1.29, 1.82) is 0 Å². The molecule has 1 aliphatic rings. The highest BCUT2D eigenvalue weighted by molar-refractivity contribution is 5.92. The van der Waals surface area contributed by atoms with Crippen molar-refractivity contribution in [1.82, 2.24) is 9.88 Å². The molecule has 3 rings (SSSR count). The average molecular weight is 333 g/mol. The molecule has 0 radical (unpaired) electrons. The Morgan fingerprint density at radius 2 is 2.12 bits per heavy atom. The SMILES string of the molecule is O=C(OCOc1ccc([N+](=O)[O-])c2cccnc12)N1CCOCC1. The van der Waals surface area contributed by atoms with Crippen LogP contribution in [-0.4, -0.2) is 54.0 Å². The first-order chi connectivity index (χ1) is 11.7. The number of amides is 1. The van der Waals surface area contributed by atoms with E-state index in [1.165, 1.54) is 23.2 Å². The van der Waals surface area contributed by atoms with E-state index in [9.17, 15) is 14.9 Å². The molecule has 0 aliphatic carbocycles. The van der Waals surface area contributed by atoms with Crippen LogP contribution in [0.15, 0.2) is 30.5 Å². The number of benzene rings is 1. The third kappa shape index (κ3) is 3.35. The van der Waals surface area contributed by atoms with Gasteiger partial charge in [0.25, 0.3) is 5.69 Å². The van der Waals surface area contributed by atoms with Gasteiger partial charge in [-0.1, -0.05) is 0 Å². The van der Waals surface area contributed by atoms with Gasteiger partial charge in [-0.2, -0.15) is 0 Å². The topological polar surface area (TPSA) is 104 Å². The van der Waals surface area contributed by atoms with Crippen LogP contribution in [0.4, 0.5) is 10.5 Å². The Kier molecular flexibility index (Phi) is 4.71. The lowest BCUT2D eigenvalue weighted by Gasteiger charge is -2.25. The molecule has 1 saturated heterocycles. The second kappa shape index (κ2) is 7.09. The molecule has 2 aromatic rings. The molecule has 2 heterocycles. The molecule has 0 atom stereocenters. The summed E-state index contributed by atoms with van der Waals surface area (Å²) in [5.74, 6) is 0.311. The van der Waals surface area contributed by atoms with Crippen molar-refractivity contribution in [3.8, 4) is 5.75 Å². The monoisotopic (exact) mass is 333 g/mol. The van der Waals surface area contributed by atoms with Crippen LogP contribution < -0.4 is 4.74 Å². The summed E-state index contributed by atoms with van der Waals surface area (Å²) in [6.45, 7) is 1.60. The Morgan fingerprint density at radius 3 is 2.88 bits per heavy atom. The zero-order chi connectivity index (χ0) is 16.9. The van der Waals surface area contributed by atoms with E-state index in [-0.39, 0.29) is 12.5 Å². The van der Waals surface area contributed by atoms with E-state index < -0.39 is 11.0 Å². The molecule has 0 N–H and O–H groups in total. The zero-order valence-electron chi connectivity index (χ0n) is 12.7. The normalized spacial score (nSPS) is 14.4. The summed E-state index contributed by atoms with van der Waals surface area (Å²) in [4.78, 5) is 28.1. The molecule has 1 aromatic carbocycles. The highest BCUT2D eigenvalue weighted by Gasteiger charge is 2.19. The Bertz CT molecular complexity index is 760. The minimum atomic E-state index is -0.488. The lowest BCUT2D eigenvalue weighted by molar-refractivity contribution is -0.383. The van der Waals surface area contributed by atoms with Crippen molar-refractivity contribution < 1.29 is 23.9 Å². The van der Waals surface area contributed by atoms with Crippen molar-refractivity contribution in [2.75, 3.05) is 33.1 Å². The Labute approximate surface area is 136 Å². The van der Waals surface area contributed by atoms with Crippen LogP contribution in [-0.2, 0) is 9.47 Å². The quantitative estimate of drug-likeness (QED) is 0.478. The molecule has 9 heteroatoms. The number of fused-ring (bicyclic) bond motifs is 1. The molecule has 1 aromatic heterocycles. The van der Waals surface area contributed by atoms with Gasteiger partial charge in [-0.3, -0.25) is 15.1 Å². The second-order valence-electron chi connectivity index (χ2n) is 5.01. The summed E-state index contributed by atoms with van der Waals surface area (Å²) in [7, 11) is 0. The Hall–Kier alpha value is -2.94. The maximum atomic E-state index is 11.9. The number of carbonyl (C=O) groups excluding carboxylic acids is 1. The fraction of sp³-hybridized carbons (Fsp3) is 0.333. The lowest BCUT2D eigenvalue weighted by Crippen LogP contribution is -2.41. The standard InChI is InChI=1S/C15H15N3O6/c19-15(17-6-8-22-9-7-17)24-10-23-13-4-3-12(18(20)21)11-2-1-5-16-14(11)13/h1-5H,6-10H2. The van der Waals surface area contributed by atoms with Gasteiger partial charge in [-0.25, -0.2) is 4.79 Å². The van der Waals surface area contributed by atoms with E-state index in [1.807, 2.05) is 0 Å². The van der Waals surface area contributed by atoms with E-state index >= 15 is 0 Å². The number of ether oxygens (including phenoxy) is 3. The smallest absolute Gasteiger partial charge is 0.412 e. The molecular formula is C15H15N3O6. The van der Waals surface area contributed by atoms with Crippen LogP contribution in [0.3, 0.4) is 0 Å². The highest BCUT2D eigenvalue weighted by Crippen LogP contribution is 2.31. The first-order valence-electron chi connectivity index (χ1n) is 7.31. The number of pyridine rings is 1. The minimum absolute atomic E-state index is 0.0595. The summed E-state index contributed by atoms with van der Waals surface area (Å²) in [5.41, 5.74) is 0.282. The van der Waals surface area contributed by atoms with Gasteiger partial charge in [-0.05, 0) is 18.2 Å². The number of rotatable bonds is 4. The third-order valence-corrected chi connectivity index (χ3v) is 3.57. The first-order valence-corrected chi connectivity index (χ1v) is 7.31. The van der Waals surface area contributed by atoms with E-state index in [0.717, 1.165) is 0 Å². The molecule has 0 saturated carbocycles. The summed E-state index contributed by atoms with van der Waals surface area (Å²) in [6, 6.07) is 5.98. The zero-order valence-corrected chi connectivity index (χ0v) is 12.7. The number of hydrogen-bond donors (Lipinski definition) is 0. The molecule has 1 fully saturated rings. The number of non-ortho nitro benzene ring substituents is 1. The predicted molar refractivity (Wildman–Crippen MR) is 82.8 cm³/mol. The van der Waals surface area contributed by atoms with Gasteiger partial charge in [0, 0.05) is 25.4 Å². The van der Waals surface area contributed by atoms with Crippen molar-refractivity contribution in [2.24, 2.45) is 0 Å². The predicted octanol–water partition coefficient (Wildman–Crippen LogP) is 1.95. The largest absolute Gasteiger partial charge is 0.455 e. The fourth-order valence-electron chi connectivity index (χ4n) is 2.39. The number of aromatic nitrogens is 1. The van der Waals surface area contributed by atoms with E-state index in [0.29, 0.717) is 43.0 Å². The second-order valence-corrected chi connectivity index (χ2v) is 5.01. The molecule has 0 bridgehead atoms. The van der Waals surface area contributed by atoms with Gasteiger partial charge < -0.3 is 19.1 Å². The van der Waals surface area contributed by atoms with Gasteiger partial charge in [0.1, 0.15) is 11.3 Å². The van der Waals surface area contributed by atoms with Crippen molar-refractivity contribution in [3.63, 3.8) is 0 Å². The van der Waals surface area contributed by atoms with E-state index in [2.05, 4.69) is 4.98 Å². The number of nitro groups is 1. The molecule has 1 aliphatic heterocycles. The van der Waals surface area contributed by atoms with Gasteiger partial charge >= 0.3 is 6.09 Å². The van der Waals surface area contributed by atoms with Gasteiger partial charge in [0.15, 0.2) is 0 Å². The Morgan fingerprint density at radius 1 is 1.33 bits per heavy atom. The third-order valence-electron chi connectivity index (χ3n) is 3.57. The van der Waals surface area contributed by atoms with E-state index in [4.69, 9.17) is 14.2 Å². The first kappa shape index (κ1) is 15.9. The average Bonchev–Trinajstić information content (AvgIpc) is 2.62. The molecule has 9 nitrogen and oxygen atoms in total. The van der Waals surface area contributed by atoms with Crippen LogP contribution in [0.25, 0.3) is 10.9 Å². The maximum absolute atomic E-state index is 11.9. The molecular weight excluding hydrogens is 318 g/mol. The number of carbonyl (C=O) groups is 1. The van der Waals surface area contributed by atoms with Crippen LogP contribution in [0, 0.1) is 10.1 Å². The summed E-state index contributed by atoms with van der Waals surface area (Å²) in [5, 5.41) is 11.4. The molecule has 24 heavy (non-hydrogen) atoms. The van der Waals surface area contributed by atoms with Gasteiger partial charge in [0.05, 0.1) is 23.5 Å². The maximum Gasteiger partial charge on any atom is 0.412 e. The van der Waals surface area contributed by atoms with Crippen LogP contribution in [0.1, 0.15) is 0 Å². The minimum Gasteiger partial charge on any atom is -0.455 e. The number of nitrogens with zero attached hydrogens (tertiary/aromatic N) is 3. The van der Waals surface area contributed by atoms with Gasteiger partial charge in [0.2, 0.25) is 6.79 Å². The van der Waals surface area contributed by atoms with E-state index in [1.54, 1.807) is 12.1 Å². The molecule has 0 unspecified atom stereocenters. The van der Waals surface area contributed by atoms with Gasteiger partial charge in [-0.15, -0.1) is 0 Å². The van der Waals surface area contributed by atoms with Crippen LogP contribution >= 0.6 is 0 Å². The number of hydrogen-bond acceptors (Lipinski definition) is 7. The highest BCUT2D eigenvalue weighted by atomic mass is 16.7. The van der Waals surface area contributed by atoms with Crippen molar-refractivity contribution in [2.45, 2.75) is 0 Å². The molecule has 126 valence electrons. The lowest BCUT2D eigenvalue weighted by atomic mass is 10.1. The number of morpholine rings is 1. The van der Waals surface area contributed by atoms with Crippen molar-refractivity contribution >= 4 is 22.7 Å². The molecule has 0 spiro atoms. The summed E-state index contributed by atoms with van der Waals surface area (Å²) in [6.07, 6.45) is 1.02. The van der Waals surface area contributed by atoms with Crippen LogP contribution in [0.5, 0.6) is 5.75 Å². The fourth-order valence-corrected chi connectivity index (χ4v) is 2.39. The Balaban J connectivity index is 1.68. The van der Waals surface area contributed by atoms with Crippen molar-refractivity contribution in [3.05, 3.63) is 40.6 Å². The summed E-state index contributed by atoms with van der Waals surface area (Å²) < 4.78 is 15.6. The number of nitro benzene ring substituents is 1. The molecule has 1 amide bonds. The van der Waals surface area contributed by atoms with Crippen LogP contribution in [0.2, 0.25) is 0 Å². The summed E-state index contributed by atoms with van der Waals surface area (Å²) >= 11 is 0.